The van der Waals surface area contributed by atoms with Gasteiger partial charge in [-0.25, -0.2) is 4.79 Å². The molecule has 32 heavy (non-hydrogen) atoms. The minimum atomic E-state index is -0.616. The number of fused-ring (bicyclic) bond motifs is 3. The quantitative estimate of drug-likeness (QED) is 0.730. The van der Waals surface area contributed by atoms with E-state index in [1.807, 2.05) is 52.3 Å². The Hall–Kier alpha value is -3.09. The van der Waals surface area contributed by atoms with E-state index in [1.165, 1.54) is 0 Å². The molecular formula is C25H27N3O4. The summed E-state index contributed by atoms with van der Waals surface area (Å²) in [4.78, 5) is 44.2. The van der Waals surface area contributed by atoms with Crippen molar-refractivity contribution in [1.29, 1.82) is 0 Å². The van der Waals surface area contributed by atoms with Gasteiger partial charge >= 0.3 is 6.09 Å². The zero-order chi connectivity index (χ0) is 21.9. The molecule has 4 fully saturated rings. The lowest BCUT2D eigenvalue weighted by Crippen LogP contribution is -2.61. The van der Waals surface area contributed by atoms with Gasteiger partial charge < -0.3 is 14.5 Å². The van der Waals surface area contributed by atoms with Gasteiger partial charge in [0.05, 0.1) is 6.04 Å². The van der Waals surface area contributed by atoms with Crippen molar-refractivity contribution in [2.45, 2.75) is 37.3 Å². The van der Waals surface area contributed by atoms with E-state index in [2.05, 4.69) is 0 Å². The highest BCUT2D eigenvalue weighted by Crippen LogP contribution is 2.42. The van der Waals surface area contributed by atoms with Gasteiger partial charge in [0.2, 0.25) is 5.91 Å². The summed E-state index contributed by atoms with van der Waals surface area (Å²) in [5.41, 5.74) is 0.0791. The molecule has 0 N–H and O–H groups in total. The Bertz CT molecular complexity index is 1100. The van der Waals surface area contributed by atoms with Crippen molar-refractivity contribution in [2.75, 3.05) is 32.7 Å². The predicted molar refractivity (Wildman–Crippen MR) is 118 cm³/mol. The van der Waals surface area contributed by atoms with E-state index in [9.17, 15) is 14.4 Å². The number of piperazine rings is 1. The number of hydrogen-bond acceptors (Lipinski definition) is 4. The Balaban J connectivity index is 1.23. The van der Waals surface area contributed by atoms with Crippen molar-refractivity contribution >= 4 is 28.7 Å². The van der Waals surface area contributed by atoms with Gasteiger partial charge in [0.15, 0.2) is 0 Å². The van der Waals surface area contributed by atoms with E-state index >= 15 is 0 Å². The zero-order valence-electron chi connectivity index (χ0n) is 18.0. The number of amides is 3. The molecule has 6 rings (SSSR count). The minimum Gasteiger partial charge on any atom is -0.440 e. The molecule has 7 nitrogen and oxygen atoms in total. The number of rotatable bonds is 2. The maximum atomic E-state index is 13.5. The van der Waals surface area contributed by atoms with Crippen molar-refractivity contribution in [1.82, 2.24) is 14.7 Å². The Labute approximate surface area is 186 Å². The van der Waals surface area contributed by atoms with Crippen LogP contribution >= 0.6 is 0 Å². The molecule has 2 aromatic carbocycles. The number of nitrogens with zero attached hydrogens (tertiary/aromatic N) is 3. The fourth-order valence-corrected chi connectivity index (χ4v) is 5.65. The monoisotopic (exact) mass is 433 g/mol. The first kappa shape index (κ1) is 19.6. The van der Waals surface area contributed by atoms with Crippen LogP contribution in [0.5, 0.6) is 0 Å². The third-order valence-corrected chi connectivity index (χ3v) is 7.67. The fraction of sp³-hybridized carbons (Fsp3) is 0.480. The van der Waals surface area contributed by atoms with Gasteiger partial charge in [-0.3, -0.25) is 14.5 Å². The second-order valence-electron chi connectivity index (χ2n) is 9.52. The number of carbonyl (C=O) groups is 3. The van der Waals surface area contributed by atoms with Gasteiger partial charge in [0.1, 0.15) is 5.60 Å². The standard InChI is InChI=1S/C25H27N3O4/c29-22(18-8-9-18)26-12-10-25(11-13-26)21-16-27(14-15-28(21)24(31)32-25)23(30)20-7-3-5-17-4-1-2-6-19(17)20/h1-7,18,21H,8-16H2. The Morgan fingerprint density at radius 2 is 1.66 bits per heavy atom. The molecule has 1 unspecified atom stereocenters. The third-order valence-electron chi connectivity index (χ3n) is 7.67. The van der Waals surface area contributed by atoms with Crippen LogP contribution in [-0.2, 0) is 9.53 Å². The molecular weight excluding hydrogens is 406 g/mol. The van der Waals surface area contributed by atoms with Crippen molar-refractivity contribution in [3.05, 3.63) is 48.0 Å². The van der Waals surface area contributed by atoms with E-state index in [1.54, 1.807) is 4.90 Å². The van der Waals surface area contributed by atoms with Crippen molar-refractivity contribution in [2.24, 2.45) is 5.92 Å². The summed E-state index contributed by atoms with van der Waals surface area (Å²) in [6, 6.07) is 13.6. The molecule has 0 aromatic heterocycles. The number of carbonyl (C=O) groups excluding carboxylic acids is 3. The molecule has 3 saturated heterocycles. The van der Waals surface area contributed by atoms with E-state index in [-0.39, 0.29) is 29.9 Å². The zero-order valence-corrected chi connectivity index (χ0v) is 18.0. The van der Waals surface area contributed by atoms with Crippen molar-refractivity contribution < 1.29 is 19.1 Å². The predicted octanol–water partition coefficient (Wildman–Crippen LogP) is 2.89. The summed E-state index contributed by atoms with van der Waals surface area (Å²) in [6.07, 6.45) is 2.98. The van der Waals surface area contributed by atoms with Crippen LogP contribution in [0.4, 0.5) is 4.79 Å². The van der Waals surface area contributed by atoms with E-state index < -0.39 is 5.60 Å². The van der Waals surface area contributed by atoms with Crippen LogP contribution in [0, 0.1) is 5.92 Å². The SMILES string of the molecule is O=C(c1cccc2ccccc12)N1CCN2C(=O)OC3(CCN(C(=O)C4CC4)CC3)C2C1. The topological polar surface area (TPSA) is 70.2 Å². The maximum absolute atomic E-state index is 13.5. The molecule has 1 saturated carbocycles. The molecule has 3 aliphatic heterocycles. The highest BCUT2D eigenvalue weighted by Gasteiger charge is 2.57. The lowest BCUT2D eigenvalue weighted by molar-refractivity contribution is -0.136. The van der Waals surface area contributed by atoms with Crippen molar-refractivity contribution in [3.8, 4) is 0 Å². The lowest BCUT2D eigenvalue weighted by Gasteiger charge is -2.45. The van der Waals surface area contributed by atoms with Gasteiger partial charge in [0, 0.05) is 57.0 Å². The Kier molecular flexibility index (Phi) is 4.42. The first-order valence-corrected chi connectivity index (χ1v) is 11.6. The fourth-order valence-electron chi connectivity index (χ4n) is 5.65. The molecule has 3 amide bonds. The molecule has 1 atom stereocenters. The van der Waals surface area contributed by atoms with Gasteiger partial charge in [-0.2, -0.15) is 0 Å². The molecule has 7 heteroatoms. The number of piperidine rings is 1. The first-order valence-electron chi connectivity index (χ1n) is 11.6. The molecule has 1 spiro atoms. The summed E-state index contributed by atoms with van der Waals surface area (Å²) in [5.74, 6) is 0.449. The number of ether oxygens (including phenoxy) is 1. The van der Waals surface area contributed by atoms with E-state index in [0.29, 0.717) is 51.1 Å². The van der Waals surface area contributed by atoms with E-state index in [4.69, 9.17) is 4.74 Å². The Morgan fingerprint density at radius 1 is 0.906 bits per heavy atom. The Morgan fingerprint density at radius 3 is 2.44 bits per heavy atom. The molecule has 0 radical (unpaired) electrons. The maximum Gasteiger partial charge on any atom is 0.410 e. The molecule has 1 aliphatic carbocycles. The minimum absolute atomic E-state index is 0.00250. The smallest absolute Gasteiger partial charge is 0.410 e. The van der Waals surface area contributed by atoms with Crippen LogP contribution in [0.1, 0.15) is 36.0 Å². The highest BCUT2D eigenvalue weighted by atomic mass is 16.6. The summed E-state index contributed by atoms with van der Waals surface area (Å²) in [5, 5.41) is 1.99. The first-order chi connectivity index (χ1) is 15.6. The lowest BCUT2D eigenvalue weighted by atomic mass is 9.82. The highest BCUT2D eigenvalue weighted by molar-refractivity contribution is 6.07. The largest absolute Gasteiger partial charge is 0.440 e. The molecule has 2 aromatic rings. The van der Waals surface area contributed by atoms with Crippen LogP contribution in [0.3, 0.4) is 0 Å². The number of benzene rings is 2. The van der Waals surface area contributed by atoms with Gasteiger partial charge in [0.25, 0.3) is 5.91 Å². The van der Waals surface area contributed by atoms with Crippen LogP contribution in [0.2, 0.25) is 0 Å². The van der Waals surface area contributed by atoms with Gasteiger partial charge in [-0.05, 0) is 29.7 Å². The third kappa shape index (κ3) is 3.05. The number of likely N-dealkylation sites (tertiary alicyclic amines) is 1. The number of hydrogen-bond donors (Lipinski definition) is 0. The second-order valence-corrected chi connectivity index (χ2v) is 9.52. The summed E-state index contributed by atoms with van der Waals surface area (Å²) in [6.45, 7) is 2.67. The van der Waals surface area contributed by atoms with E-state index in [0.717, 1.165) is 23.6 Å². The van der Waals surface area contributed by atoms with Crippen LogP contribution < -0.4 is 0 Å². The molecule has 0 bridgehead atoms. The average molecular weight is 434 g/mol. The van der Waals surface area contributed by atoms with Crippen LogP contribution in [0.25, 0.3) is 10.8 Å². The second kappa shape index (κ2) is 7.22. The summed E-state index contributed by atoms with van der Waals surface area (Å²) in [7, 11) is 0. The van der Waals surface area contributed by atoms with Crippen LogP contribution in [-0.4, -0.2) is 77.0 Å². The summed E-state index contributed by atoms with van der Waals surface area (Å²) < 4.78 is 5.96. The van der Waals surface area contributed by atoms with Crippen LogP contribution in [0.15, 0.2) is 42.5 Å². The normalized spacial score (nSPS) is 24.6. The average Bonchev–Trinajstić information content (AvgIpc) is 3.65. The van der Waals surface area contributed by atoms with Gasteiger partial charge in [-0.1, -0.05) is 36.4 Å². The van der Waals surface area contributed by atoms with Gasteiger partial charge in [-0.15, -0.1) is 0 Å². The molecule has 3 heterocycles. The summed E-state index contributed by atoms with van der Waals surface area (Å²) >= 11 is 0. The van der Waals surface area contributed by atoms with Crippen molar-refractivity contribution in [3.63, 3.8) is 0 Å². The molecule has 166 valence electrons. The molecule has 4 aliphatic rings.